The van der Waals surface area contributed by atoms with Gasteiger partial charge in [-0.3, -0.25) is 44.0 Å². The minimum Gasteiger partial charge on any atom is -0.489 e. The number of benzene rings is 4. The highest BCUT2D eigenvalue weighted by atomic mass is 35.5. The summed E-state index contributed by atoms with van der Waals surface area (Å²) in [4.78, 5) is 90.5. The Hall–Kier alpha value is -6.87. The fraction of sp³-hybridized carbons (Fsp3) is 0.377. The fourth-order valence-corrected chi connectivity index (χ4v) is 11.1. The number of carbonyl (C=O) groups is 6. The number of piperazine rings is 1. The maximum Gasteiger partial charge on any atom is 0.264 e. The van der Waals surface area contributed by atoms with Crippen molar-refractivity contribution in [2.45, 2.75) is 76.4 Å². The molecule has 14 nitrogen and oxygen atoms in total. The number of hydrogen-bond acceptors (Lipinski definition) is 10. The number of carbonyl (C=O) groups excluding carboxylic acids is 6. The number of nitrogens with zero attached hydrogens (tertiary/aromatic N) is 5. The van der Waals surface area contributed by atoms with Crippen molar-refractivity contribution in [2.75, 3.05) is 54.4 Å². The van der Waals surface area contributed by atoms with Gasteiger partial charge in [0.05, 0.1) is 27.4 Å². The summed E-state index contributed by atoms with van der Waals surface area (Å²) in [7, 11) is 0. The van der Waals surface area contributed by atoms with Gasteiger partial charge in [-0.25, -0.2) is 4.39 Å². The van der Waals surface area contributed by atoms with Gasteiger partial charge in [-0.15, -0.1) is 0 Å². The van der Waals surface area contributed by atoms with Crippen molar-refractivity contribution in [3.05, 3.63) is 124 Å². The van der Waals surface area contributed by atoms with E-state index in [4.69, 9.17) is 16.3 Å². The second-order valence-corrected chi connectivity index (χ2v) is 19.3. The number of amides is 6. The summed E-state index contributed by atoms with van der Waals surface area (Å²) in [5.41, 5.74) is 5.16. The van der Waals surface area contributed by atoms with Crippen molar-refractivity contribution >= 4 is 75.0 Å². The van der Waals surface area contributed by atoms with E-state index in [0.29, 0.717) is 79.8 Å². The molecule has 5 heterocycles. The molecule has 0 radical (unpaired) electrons. The molecule has 1 aromatic heterocycles. The summed E-state index contributed by atoms with van der Waals surface area (Å²) < 4.78 is 20.5. The molecule has 2 atom stereocenters. The van der Waals surface area contributed by atoms with Crippen LogP contribution < -0.4 is 25.2 Å². The van der Waals surface area contributed by atoms with Crippen LogP contribution in [0.15, 0.2) is 91.1 Å². The van der Waals surface area contributed by atoms with Gasteiger partial charge in [0, 0.05) is 99.0 Å². The van der Waals surface area contributed by atoms with E-state index >= 15 is 0 Å². The first-order valence-corrected chi connectivity index (χ1v) is 24.3. The SMILES string of the molecule is C[C@@H](C(=O)Nc1ccc(Cl)c(OC2CCN(C(=O)c3cccc(N4CCN(c5cccc6c5C(=O)N(C5CCC(=O)NC5=O)C6=O)CC4)c3)CC2)c1)C1CCC(c2ccnc3ccc(F)cc23)CC1. The lowest BCUT2D eigenvalue weighted by molar-refractivity contribution is -0.136. The molecule has 356 valence electrons. The molecule has 2 N–H and O–H groups in total. The lowest BCUT2D eigenvalue weighted by atomic mass is 9.73. The van der Waals surface area contributed by atoms with Crippen LogP contribution in [0.1, 0.15) is 101 Å². The summed E-state index contributed by atoms with van der Waals surface area (Å²) in [5, 5.41) is 6.63. The first-order valence-electron chi connectivity index (χ1n) is 23.9. The molecular weight excluding hydrogens is 901 g/mol. The van der Waals surface area contributed by atoms with Gasteiger partial charge in [0.15, 0.2) is 0 Å². The second-order valence-electron chi connectivity index (χ2n) is 18.9. The van der Waals surface area contributed by atoms with Gasteiger partial charge in [-0.2, -0.15) is 0 Å². The lowest BCUT2D eigenvalue weighted by Gasteiger charge is -2.38. The first-order chi connectivity index (χ1) is 33.4. The Morgan fingerprint density at radius 1 is 0.812 bits per heavy atom. The average Bonchev–Trinajstić information content (AvgIpc) is 3.62. The van der Waals surface area contributed by atoms with Crippen molar-refractivity contribution in [2.24, 2.45) is 11.8 Å². The van der Waals surface area contributed by atoms with Gasteiger partial charge in [-0.1, -0.05) is 30.7 Å². The van der Waals surface area contributed by atoms with E-state index in [2.05, 4.69) is 25.4 Å². The summed E-state index contributed by atoms with van der Waals surface area (Å²) in [6.07, 6.45) is 6.58. The van der Waals surface area contributed by atoms with E-state index in [1.54, 1.807) is 48.7 Å². The number of rotatable bonds is 10. The number of nitrogens with one attached hydrogen (secondary N) is 2. The van der Waals surface area contributed by atoms with E-state index in [1.165, 1.54) is 6.07 Å². The standard InChI is InChI=1S/C53H53ClFN7O7/c1-31(32-8-10-33(11-9-32)39-18-21-56-43-15-12-35(55)29-41(39)43)49(64)57-36-13-14-42(54)46(30-36)69-38-19-22-61(23-20-38)51(66)34-4-2-5-37(28-34)59-24-26-60(27-25-59)44-7-3-6-40-48(44)53(68)62(52(40)67)45-16-17-47(63)58-50(45)65/h2-7,12-15,18,21,28-33,38,45H,8-11,16-17,19-20,22-27H2,1H3,(H,57,64)(H,58,63,65)/t31-,32?,33?,45?/m1/s1. The number of hydrogen-bond donors (Lipinski definition) is 2. The number of pyridine rings is 1. The number of likely N-dealkylation sites (tertiary alicyclic amines) is 1. The third kappa shape index (κ3) is 9.24. The molecule has 16 heteroatoms. The molecule has 4 aliphatic heterocycles. The van der Waals surface area contributed by atoms with Crippen LogP contribution in [0.2, 0.25) is 5.02 Å². The van der Waals surface area contributed by atoms with Crippen LogP contribution in [0.5, 0.6) is 5.75 Å². The minimum atomic E-state index is -1.03. The minimum absolute atomic E-state index is 0.0538. The predicted molar refractivity (Wildman–Crippen MR) is 259 cm³/mol. The summed E-state index contributed by atoms with van der Waals surface area (Å²) in [5.74, 6) is -1.75. The Kier molecular flexibility index (Phi) is 12.8. The Morgan fingerprint density at radius 2 is 1.57 bits per heavy atom. The highest BCUT2D eigenvalue weighted by Gasteiger charge is 2.46. The number of fused-ring (bicyclic) bond motifs is 2. The van der Waals surface area contributed by atoms with Gasteiger partial charge in [-0.05, 0) is 116 Å². The molecule has 4 fully saturated rings. The van der Waals surface area contributed by atoms with Crippen molar-refractivity contribution in [3.8, 4) is 5.75 Å². The monoisotopic (exact) mass is 953 g/mol. The quantitative estimate of drug-likeness (QED) is 0.131. The second kappa shape index (κ2) is 19.3. The van der Waals surface area contributed by atoms with Gasteiger partial charge in [0.2, 0.25) is 17.7 Å². The molecule has 1 aliphatic carbocycles. The smallest absolute Gasteiger partial charge is 0.264 e. The third-order valence-electron chi connectivity index (χ3n) is 14.8. The number of aromatic nitrogens is 1. The Morgan fingerprint density at radius 3 is 2.33 bits per heavy atom. The highest BCUT2D eigenvalue weighted by Crippen LogP contribution is 2.42. The predicted octanol–water partition coefficient (Wildman–Crippen LogP) is 7.99. The highest BCUT2D eigenvalue weighted by molar-refractivity contribution is 6.32. The van der Waals surface area contributed by atoms with E-state index in [9.17, 15) is 33.2 Å². The van der Waals surface area contributed by atoms with Crippen LogP contribution in [-0.2, 0) is 14.4 Å². The molecular formula is C53H53ClFN7O7. The van der Waals surface area contributed by atoms with Crippen LogP contribution in [-0.4, -0.2) is 102 Å². The van der Waals surface area contributed by atoms with E-state index < -0.39 is 29.7 Å². The van der Waals surface area contributed by atoms with Crippen LogP contribution in [0.25, 0.3) is 10.9 Å². The molecule has 0 bridgehead atoms. The lowest BCUT2D eigenvalue weighted by Crippen LogP contribution is -2.54. The van der Waals surface area contributed by atoms with Crippen LogP contribution >= 0.6 is 11.6 Å². The number of ether oxygens (including phenoxy) is 1. The molecule has 5 aromatic rings. The third-order valence-corrected chi connectivity index (χ3v) is 15.1. The maximum absolute atomic E-state index is 14.1. The van der Waals surface area contributed by atoms with Gasteiger partial charge in [0.1, 0.15) is 23.7 Å². The molecule has 4 aromatic carbocycles. The number of anilines is 3. The Labute approximate surface area is 404 Å². The van der Waals surface area contributed by atoms with Gasteiger partial charge < -0.3 is 24.8 Å². The number of halogens is 2. The molecule has 3 saturated heterocycles. The zero-order chi connectivity index (χ0) is 47.9. The normalized spacial score (nSPS) is 21.6. The van der Waals surface area contributed by atoms with E-state index in [1.807, 2.05) is 48.2 Å². The van der Waals surface area contributed by atoms with Crippen LogP contribution in [0, 0.1) is 17.7 Å². The number of piperidine rings is 2. The zero-order valence-corrected chi connectivity index (χ0v) is 39.1. The van der Waals surface area contributed by atoms with Gasteiger partial charge in [0.25, 0.3) is 17.7 Å². The topological polar surface area (TPSA) is 162 Å². The van der Waals surface area contributed by atoms with Crippen molar-refractivity contribution in [1.29, 1.82) is 0 Å². The number of imide groups is 2. The first kappa shape index (κ1) is 45.9. The molecule has 69 heavy (non-hydrogen) atoms. The summed E-state index contributed by atoms with van der Waals surface area (Å²) in [6.45, 7) is 5.29. The van der Waals surface area contributed by atoms with Gasteiger partial charge >= 0.3 is 0 Å². The molecule has 1 unspecified atom stereocenters. The van der Waals surface area contributed by atoms with E-state index in [0.717, 1.165) is 52.7 Å². The Bertz CT molecular complexity index is 2870. The largest absolute Gasteiger partial charge is 0.489 e. The van der Waals surface area contributed by atoms with Crippen molar-refractivity contribution < 1.29 is 37.9 Å². The Balaban J connectivity index is 0.701. The van der Waals surface area contributed by atoms with E-state index in [-0.39, 0.29) is 65.5 Å². The van der Waals surface area contributed by atoms with Crippen molar-refractivity contribution in [1.82, 2.24) is 20.1 Å². The van der Waals surface area contributed by atoms with Crippen LogP contribution in [0.4, 0.5) is 21.5 Å². The summed E-state index contributed by atoms with van der Waals surface area (Å²) >= 11 is 6.61. The van der Waals surface area contributed by atoms with Crippen molar-refractivity contribution in [3.63, 3.8) is 0 Å². The molecule has 6 amide bonds. The average molecular weight is 954 g/mol. The molecule has 10 rings (SSSR count). The summed E-state index contributed by atoms with van der Waals surface area (Å²) in [6, 6.07) is 23.7. The zero-order valence-electron chi connectivity index (χ0n) is 38.3. The maximum atomic E-state index is 14.1. The molecule has 5 aliphatic rings. The fourth-order valence-electron chi connectivity index (χ4n) is 10.9. The molecule has 0 spiro atoms. The van der Waals surface area contributed by atoms with Crippen LogP contribution in [0.3, 0.4) is 0 Å². The molecule has 1 saturated carbocycles.